The molecule has 2 rings (SSSR count). The number of nitrogens with zero attached hydrogens (tertiary/aromatic N) is 1. The monoisotopic (exact) mass is 264 g/mol. The van der Waals surface area contributed by atoms with E-state index in [1.54, 1.807) is 7.11 Å². The lowest BCUT2D eigenvalue weighted by atomic mass is 10.1. The maximum atomic E-state index is 6.32. The molecule has 0 aliphatic carbocycles. The van der Waals surface area contributed by atoms with Gasteiger partial charge in [0.1, 0.15) is 11.3 Å². The second kappa shape index (κ2) is 5.02. The zero-order chi connectivity index (χ0) is 13.3. The van der Waals surface area contributed by atoms with E-state index in [1.165, 1.54) is 0 Å². The number of fused-ring (bicyclic) bond motifs is 1. The van der Waals surface area contributed by atoms with E-state index >= 15 is 0 Å². The summed E-state index contributed by atoms with van der Waals surface area (Å²) in [7, 11) is 1.65. The third-order valence-corrected chi connectivity index (χ3v) is 3.43. The van der Waals surface area contributed by atoms with E-state index in [1.807, 2.05) is 19.1 Å². The molecule has 0 spiro atoms. The Bertz CT molecular complexity index is 596. The van der Waals surface area contributed by atoms with Gasteiger partial charge in [0.05, 0.1) is 12.1 Å². The molecule has 4 heteroatoms. The van der Waals surface area contributed by atoms with Crippen molar-refractivity contribution >= 4 is 28.2 Å². The number of halogens is 1. The highest BCUT2D eigenvalue weighted by atomic mass is 35.5. The number of aromatic nitrogens is 1. The van der Waals surface area contributed by atoms with Crippen LogP contribution in [0.15, 0.2) is 12.1 Å². The zero-order valence-electron chi connectivity index (χ0n) is 11.1. The normalized spacial score (nSPS) is 10.7. The van der Waals surface area contributed by atoms with Gasteiger partial charge in [0.15, 0.2) is 0 Å². The van der Waals surface area contributed by atoms with Crippen molar-refractivity contribution in [3.8, 4) is 5.75 Å². The van der Waals surface area contributed by atoms with E-state index in [0.29, 0.717) is 5.02 Å². The van der Waals surface area contributed by atoms with Crippen molar-refractivity contribution in [1.82, 2.24) is 4.98 Å². The van der Waals surface area contributed by atoms with Crippen LogP contribution in [0.5, 0.6) is 5.75 Å². The van der Waals surface area contributed by atoms with Gasteiger partial charge >= 0.3 is 0 Å². The average Bonchev–Trinajstić information content (AvgIpc) is 2.35. The van der Waals surface area contributed by atoms with Crippen molar-refractivity contribution in [2.24, 2.45) is 0 Å². The maximum absolute atomic E-state index is 6.32. The Kier molecular flexibility index (Phi) is 3.62. The van der Waals surface area contributed by atoms with Gasteiger partial charge in [-0.05, 0) is 38.5 Å². The lowest BCUT2D eigenvalue weighted by Crippen LogP contribution is -2.04. The Balaban J connectivity index is 2.90. The number of ether oxygens (including phenoxy) is 1. The van der Waals surface area contributed by atoms with Crippen molar-refractivity contribution in [2.75, 3.05) is 19.0 Å². The highest BCUT2D eigenvalue weighted by Crippen LogP contribution is 2.37. The van der Waals surface area contributed by atoms with Gasteiger partial charge in [-0.1, -0.05) is 11.6 Å². The van der Waals surface area contributed by atoms with E-state index in [0.717, 1.165) is 40.1 Å². The number of rotatable bonds is 3. The van der Waals surface area contributed by atoms with E-state index in [-0.39, 0.29) is 0 Å². The van der Waals surface area contributed by atoms with E-state index < -0.39 is 0 Å². The van der Waals surface area contributed by atoms with Crippen LogP contribution in [0.3, 0.4) is 0 Å². The van der Waals surface area contributed by atoms with Gasteiger partial charge in [0.2, 0.25) is 0 Å². The molecule has 0 atom stereocenters. The largest absolute Gasteiger partial charge is 0.494 e. The average molecular weight is 265 g/mol. The molecule has 0 bridgehead atoms. The molecular weight excluding hydrogens is 248 g/mol. The Morgan fingerprint density at radius 1 is 1.33 bits per heavy atom. The second-order valence-corrected chi connectivity index (χ2v) is 4.61. The first-order chi connectivity index (χ1) is 8.60. The lowest BCUT2D eigenvalue weighted by molar-refractivity contribution is 0.419. The van der Waals surface area contributed by atoms with Crippen molar-refractivity contribution in [3.05, 3.63) is 28.4 Å². The van der Waals surface area contributed by atoms with Crippen LogP contribution in [0.2, 0.25) is 5.02 Å². The molecular formula is C14H17ClN2O. The molecule has 0 aliphatic heterocycles. The maximum Gasteiger partial charge on any atom is 0.145 e. The van der Waals surface area contributed by atoms with Gasteiger partial charge < -0.3 is 10.1 Å². The third kappa shape index (κ3) is 1.99. The van der Waals surface area contributed by atoms with Crippen molar-refractivity contribution in [2.45, 2.75) is 20.8 Å². The molecule has 0 unspecified atom stereocenters. The SMILES string of the molecule is CCNc1c(C)c(C)nc2c(OC)ccc(Cl)c12. The summed E-state index contributed by atoms with van der Waals surface area (Å²) in [6.45, 7) is 6.95. The highest BCUT2D eigenvalue weighted by molar-refractivity contribution is 6.36. The number of hydrogen-bond donors (Lipinski definition) is 1. The zero-order valence-corrected chi connectivity index (χ0v) is 11.9. The Labute approximate surface area is 112 Å². The fraction of sp³-hybridized carbons (Fsp3) is 0.357. The molecule has 96 valence electrons. The molecule has 0 aliphatic rings. The lowest BCUT2D eigenvalue weighted by Gasteiger charge is -2.16. The summed E-state index contributed by atoms with van der Waals surface area (Å²) in [6.07, 6.45) is 0. The summed E-state index contributed by atoms with van der Waals surface area (Å²) in [4.78, 5) is 4.60. The molecule has 0 fully saturated rings. The van der Waals surface area contributed by atoms with Gasteiger partial charge in [-0.2, -0.15) is 0 Å². The fourth-order valence-corrected chi connectivity index (χ4v) is 2.33. The van der Waals surface area contributed by atoms with Crippen LogP contribution < -0.4 is 10.1 Å². The third-order valence-electron chi connectivity index (χ3n) is 3.11. The number of benzene rings is 1. The Morgan fingerprint density at radius 2 is 2.06 bits per heavy atom. The molecule has 0 amide bonds. The number of anilines is 1. The molecule has 2 aromatic rings. The van der Waals surface area contributed by atoms with Crippen molar-refractivity contribution < 1.29 is 4.74 Å². The molecule has 1 aromatic heterocycles. The molecule has 0 saturated heterocycles. The minimum Gasteiger partial charge on any atom is -0.494 e. The van der Waals surface area contributed by atoms with Gasteiger partial charge in [0, 0.05) is 23.3 Å². The number of methoxy groups -OCH3 is 1. The first kappa shape index (κ1) is 13.0. The van der Waals surface area contributed by atoms with E-state index in [2.05, 4.69) is 24.1 Å². The molecule has 18 heavy (non-hydrogen) atoms. The molecule has 1 heterocycles. The smallest absolute Gasteiger partial charge is 0.145 e. The quantitative estimate of drug-likeness (QED) is 0.912. The molecule has 1 aromatic carbocycles. The standard InChI is InChI=1S/C14H17ClN2O/c1-5-16-13-8(2)9(3)17-14-11(18-4)7-6-10(15)12(13)14/h6-7H,5H2,1-4H3,(H,16,17). The topological polar surface area (TPSA) is 34.2 Å². The molecule has 0 saturated carbocycles. The van der Waals surface area contributed by atoms with E-state index in [9.17, 15) is 0 Å². The van der Waals surface area contributed by atoms with Crippen LogP contribution >= 0.6 is 11.6 Å². The number of pyridine rings is 1. The molecule has 0 radical (unpaired) electrons. The van der Waals surface area contributed by atoms with Crippen molar-refractivity contribution in [1.29, 1.82) is 0 Å². The van der Waals surface area contributed by atoms with Crippen LogP contribution in [0.4, 0.5) is 5.69 Å². The minimum absolute atomic E-state index is 0.692. The van der Waals surface area contributed by atoms with Crippen LogP contribution in [0.25, 0.3) is 10.9 Å². The van der Waals surface area contributed by atoms with Gasteiger partial charge in [-0.15, -0.1) is 0 Å². The van der Waals surface area contributed by atoms with Gasteiger partial charge in [-0.25, -0.2) is 4.98 Å². The van der Waals surface area contributed by atoms with Gasteiger partial charge in [-0.3, -0.25) is 0 Å². The molecule has 1 N–H and O–H groups in total. The van der Waals surface area contributed by atoms with Crippen LogP contribution in [0.1, 0.15) is 18.2 Å². The first-order valence-corrected chi connectivity index (χ1v) is 6.35. The second-order valence-electron chi connectivity index (χ2n) is 4.20. The fourth-order valence-electron chi connectivity index (χ4n) is 2.08. The number of aryl methyl sites for hydroxylation is 1. The summed E-state index contributed by atoms with van der Waals surface area (Å²) in [5.74, 6) is 0.747. The number of nitrogens with one attached hydrogen (secondary N) is 1. The van der Waals surface area contributed by atoms with Gasteiger partial charge in [0.25, 0.3) is 0 Å². The molecule has 3 nitrogen and oxygen atoms in total. The predicted octanol–water partition coefficient (Wildman–Crippen LogP) is 3.95. The Morgan fingerprint density at radius 3 is 2.67 bits per heavy atom. The summed E-state index contributed by atoms with van der Waals surface area (Å²) in [5.41, 5.74) is 3.96. The Hall–Kier alpha value is -1.48. The van der Waals surface area contributed by atoms with Crippen LogP contribution in [-0.4, -0.2) is 18.6 Å². The highest BCUT2D eigenvalue weighted by Gasteiger charge is 2.15. The minimum atomic E-state index is 0.692. The summed E-state index contributed by atoms with van der Waals surface area (Å²) >= 11 is 6.32. The van der Waals surface area contributed by atoms with Crippen LogP contribution in [-0.2, 0) is 0 Å². The predicted molar refractivity (Wildman–Crippen MR) is 76.9 cm³/mol. The van der Waals surface area contributed by atoms with Crippen molar-refractivity contribution in [3.63, 3.8) is 0 Å². The van der Waals surface area contributed by atoms with E-state index in [4.69, 9.17) is 16.3 Å². The summed E-state index contributed by atoms with van der Waals surface area (Å²) in [6, 6.07) is 3.70. The summed E-state index contributed by atoms with van der Waals surface area (Å²) < 4.78 is 5.36. The van der Waals surface area contributed by atoms with Crippen LogP contribution in [0, 0.1) is 13.8 Å². The summed E-state index contributed by atoms with van der Waals surface area (Å²) in [5, 5.41) is 5.00. The number of hydrogen-bond acceptors (Lipinski definition) is 3. The first-order valence-electron chi connectivity index (χ1n) is 5.97.